The maximum atomic E-state index is 14.7. The number of oxazole rings is 1. The number of thioether (sulfide) groups is 1. The van der Waals surface area contributed by atoms with Gasteiger partial charge in [-0.25, -0.2) is 24.3 Å². The van der Waals surface area contributed by atoms with Gasteiger partial charge in [-0.1, -0.05) is 11.8 Å². The monoisotopic (exact) mass is 489 g/mol. The van der Waals surface area contributed by atoms with E-state index in [1.807, 2.05) is 0 Å². The molecule has 3 aromatic rings. The van der Waals surface area contributed by atoms with Gasteiger partial charge in [0, 0.05) is 5.56 Å². The number of hydrogen-bond donors (Lipinski definition) is 2. The van der Waals surface area contributed by atoms with Crippen LogP contribution in [0.15, 0.2) is 46.5 Å². The predicted octanol–water partition coefficient (Wildman–Crippen LogP) is 3.23. The zero-order valence-corrected chi connectivity index (χ0v) is 19.1. The van der Waals surface area contributed by atoms with Gasteiger partial charge in [-0.05, 0) is 26.3 Å². The van der Waals surface area contributed by atoms with E-state index in [9.17, 15) is 13.6 Å². The summed E-state index contributed by atoms with van der Waals surface area (Å²) in [7, 11) is 0. The lowest BCUT2D eigenvalue weighted by Gasteiger charge is -2.39. The second kappa shape index (κ2) is 9.33. The fourth-order valence-electron chi connectivity index (χ4n) is 3.61. The van der Waals surface area contributed by atoms with Crippen molar-refractivity contribution >= 4 is 28.5 Å². The Hall–Kier alpha value is -3.61. The minimum Gasteiger partial charge on any atom is -0.467 e. The summed E-state index contributed by atoms with van der Waals surface area (Å²) in [4.78, 5) is 32.7. The first-order chi connectivity index (χ1) is 16.2. The summed E-state index contributed by atoms with van der Waals surface area (Å²) in [5.74, 6) is -0.828. The number of rotatable bonds is 7. The minimum atomic E-state index is -1.16. The second-order valence-electron chi connectivity index (χ2n) is 8.06. The van der Waals surface area contributed by atoms with Crippen molar-refractivity contribution in [3.8, 4) is 5.88 Å². The van der Waals surface area contributed by atoms with Gasteiger partial charge >= 0.3 is 0 Å². The van der Waals surface area contributed by atoms with Crippen molar-refractivity contribution in [2.45, 2.75) is 37.2 Å². The van der Waals surface area contributed by atoms with E-state index in [1.165, 1.54) is 37.1 Å². The summed E-state index contributed by atoms with van der Waals surface area (Å²) in [6.07, 6.45) is 6.78. The van der Waals surface area contributed by atoms with E-state index in [0.717, 1.165) is 11.8 Å². The number of carbonyl (C=O) groups excluding carboxylic acids is 1. The molecule has 0 unspecified atom stereocenters. The van der Waals surface area contributed by atoms with Crippen LogP contribution in [-0.2, 0) is 12.1 Å². The third-order valence-corrected chi connectivity index (χ3v) is 6.12. The fraction of sp³-hybridized carbons (Fsp3) is 0.333. The molecule has 0 spiro atoms. The van der Waals surface area contributed by atoms with Crippen molar-refractivity contribution in [2.24, 2.45) is 10.7 Å². The molecule has 0 aliphatic carbocycles. The Morgan fingerprint density at radius 3 is 2.76 bits per heavy atom. The number of anilines is 1. The average molecular weight is 490 g/mol. The first-order valence-electron chi connectivity index (χ1n) is 10.1. The van der Waals surface area contributed by atoms with Gasteiger partial charge in [-0.15, -0.1) is 0 Å². The van der Waals surface area contributed by atoms with Crippen molar-refractivity contribution in [1.82, 2.24) is 19.9 Å². The van der Waals surface area contributed by atoms with Crippen molar-refractivity contribution in [2.75, 3.05) is 12.0 Å². The van der Waals surface area contributed by atoms with Gasteiger partial charge in [0.15, 0.2) is 11.8 Å². The molecule has 34 heavy (non-hydrogen) atoms. The molecular formula is C21H21F2N7O3S. The number of ether oxygens (including phenoxy) is 1. The molecule has 0 fully saturated rings. The Labute approximate surface area is 197 Å². The van der Waals surface area contributed by atoms with Crippen LogP contribution in [0.25, 0.3) is 0 Å². The summed E-state index contributed by atoms with van der Waals surface area (Å²) < 4.78 is 37.9. The van der Waals surface area contributed by atoms with Crippen LogP contribution in [0.1, 0.15) is 42.2 Å². The molecular weight excluding hydrogens is 468 g/mol. The third kappa shape index (κ3) is 5.14. The number of amidine groups is 1. The lowest BCUT2D eigenvalue weighted by atomic mass is 9.84. The summed E-state index contributed by atoms with van der Waals surface area (Å²) in [6.45, 7) is 2.75. The molecule has 0 bridgehead atoms. The van der Waals surface area contributed by atoms with E-state index < -0.39 is 28.8 Å². The van der Waals surface area contributed by atoms with Gasteiger partial charge in [0.1, 0.15) is 18.6 Å². The second-order valence-corrected chi connectivity index (χ2v) is 9.67. The highest BCUT2D eigenvalue weighted by Gasteiger charge is 2.43. The number of carbonyl (C=O) groups is 1. The predicted molar refractivity (Wildman–Crippen MR) is 121 cm³/mol. The van der Waals surface area contributed by atoms with Crippen LogP contribution < -0.4 is 15.8 Å². The number of amides is 1. The van der Waals surface area contributed by atoms with Crippen molar-refractivity contribution in [3.63, 3.8) is 0 Å². The molecule has 0 saturated heterocycles. The molecule has 0 radical (unpaired) electrons. The molecule has 1 aliphatic heterocycles. The SMILES string of the molecule is C[C@]1(CF)C[C@@](C)(c2cc(NC(=O)c3cnc(OCc4ncco4)cn3)cnc2F)N=C(N)S1. The molecule has 0 saturated carbocycles. The number of halogens is 2. The van der Waals surface area contributed by atoms with E-state index >= 15 is 0 Å². The van der Waals surface area contributed by atoms with Crippen LogP contribution in [0.4, 0.5) is 14.5 Å². The Bertz CT molecular complexity index is 1210. The molecule has 1 aliphatic rings. The first kappa shape index (κ1) is 23.5. The van der Waals surface area contributed by atoms with Crippen LogP contribution in [0.2, 0.25) is 0 Å². The van der Waals surface area contributed by atoms with Crippen LogP contribution in [0.5, 0.6) is 5.88 Å². The van der Waals surface area contributed by atoms with E-state index in [0.29, 0.717) is 5.89 Å². The van der Waals surface area contributed by atoms with Crippen LogP contribution >= 0.6 is 11.8 Å². The number of aliphatic imine (C=N–C) groups is 1. The number of pyridine rings is 1. The van der Waals surface area contributed by atoms with Gasteiger partial charge in [-0.2, -0.15) is 4.39 Å². The summed E-state index contributed by atoms with van der Waals surface area (Å²) in [5, 5.41) is 2.76. The maximum Gasteiger partial charge on any atom is 0.275 e. The highest BCUT2D eigenvalue weighted by Crippen LogP contribution is 2.46. The molecule has 0 aromatic carbocycles. The Balaban J connectivity index is 1.49. The molecule has 10 nitrogen and oxygen atoms in total. The van der Waals surface area contributed by atoms with Gasteiger partial charge < -0.3 is 20.2 Å². The Kier molecular flexibility index (Phi) is 6.46. The standard InChI is InChI=1S/C21H21F2N7O3S/c1-20(11-22)10-21(2,30-19(24)34-20)13-5-12(6-28-17(13)23)29-18(31)14-7-27-15(8-26-14)33-9-16-25-3-4-32-16/h3-8H,9-11H2,1-2H3,(H2,24,30)(H,29,31)/t20-,21+/m1/s1. The topological polar surface area (TPSA) is 141 Å². The number of nitrogens with one attached hydrogen (secondary N) is 1. The molecule has 13 heteroatoms. The lowest BCUT2D eigenvalue weighted by molar-refractivity contribution is 0.102. The highest BCUT2D eigenvalue weighted by atomic mass is 32.2. The van der Waals surface area contributed by atoms with E-state index in [1.54, 1.807) is 13.8 Å². The average Bonchev–Trinajstić information content (AvgIpc) is 3.32. The van der Waals surface area contributed by atoms with Gasteiger partial charge in [-0.3, -0.25) is 9.79 Å². The number of aromatic nitrogens is 4. The normalized spacial score (nSPS) is 22.2. The van der Waals surface area contributed by atoms with Crippen molar-refractivity contribution in [3.05, 3.63) is 60.2 Å². The van der Waals surface area contributed by atoms with Crippen LogP contribution in [0.3, 0.4) is 0 Å². The fourth-order valence-corrected chi connectivity index (χ4v) is 4.77. The summed E-state index contributed by atoms with van der Waals surface area (Å²) in [6, 6.07) is 1.41. The first-order valence-corrected chi connectivity index (χ1v) is 10.9. The Morgan fingerprint density at radius 1 is 1.26 bits per heavy atom. The summed E-state index contributed by atoms with van der Waals surface area (Å²) >= 11 is 1.11. The van der Waals surface area contributed by atoms with E-state index in [-0.39, 0.29) is 41.0 Å². The van der Waals surface area contributed by atoms with Gasteiger partial charge in [0.05, 0.1) is 40.8 Å². The molecule has 178 valence electrons. The number of alkyl halides is 1. The zero-order valence-electron chi connectivity index (χ0n) is 18.3. The third-order valence-electron chi connectivity index (χ3n) is 5.07. The largest absolute Gasteiger partial charge is 0.467 e. The van der Waals surface area contributed by atoms with Gasteiger partial charge in [0.25, 0.3) is 5.91 Å². The smallest absolute Gasteiger partial charge is 0.275 e. The van der Waals surface area contributed by atoms with E-state index in [4.69, 9.17) is 14.9 Å². The highest BCUT2D eigenvalue weighted by molar-refractivity contribution is 8.15. The number of hydrogen-bond acceptors (Lipinski definition) is 10. The molecule has 4 heterocycles. The van der Waals surface area contributed by atoms with Gasteiger partial charge in [0.2, 0.25) is 17.7 Å². The lowest BCUT2D eigenvalue weighted by Crippen LogP contribution is -2.42. The zero-order chi connectivity index (χ0) is 24.3. The Morgan fingerprint density at radius 2 is 2.09 bits per heavy atom. The number of nitrogens with zero attached hydrogens (tertiary/aromatic N) is 5. The quantitative estimate of drug-likeness (QED) is 0.478. The van der Waals surface area contributed by atoms with Crippen LogP contribution in [-0.4, -0.2) is 42.4 Å². The molecule has 4 rings (SSSR count). The van der Waals surface area contributed by atoms with Crippen molar-refractivity contribution in [1.29, 1.82) is 0 Å². The molecule has 2 atom stereocenters. The molecule has 3 N–H and O–H groups in total. The molecule has 3 aromatic heterocycles. The van der Waals surface area contributed by atoms with Crippen molar-refractivity contribution < 1.29 is 22.7 Å². The number of nitrogens with two attached hydrogens (primary N) is 1. The molecule has 1 amide bonds. The van der Waals surface area contributed by atoms with E-state index in [2.05, 4.69) is 30.2 Å². The summed E-state index contributed by atoms with van der Waals surface area (Å²) in [5.41, 5.74) is 5.05. The minimum absolute atomic E-state index is 0.00176. The van der Waals surface area contributed by atoms with Crippen LogP contribution in [0, 0.1) is 5.95 Å². The maximum absolute atomic E-state index is 14.7.